The minimum absolute atomic E-state index is 0.127. The van der Waals surface area contributed by atoms with Crippen LogP contribution in [0, 0.1) is 12.3 Å². The molecule has 0 saturated carbocycles. The molecule has 0 bridgehead atoms. The van der Waals surface area contributed by atoms with E-state index in [2.05, 4.69) is 19.2 Å². The lowest BCUT2D eigenvalue weighted by atomic mass is 10.1. The van der Waals surface area contributed by atoms with Crippen molar-refractivity contribution in [3.8, 4) is 0 Å². The first-order valence-electron chi connectivity index (χ1n) is 6.44. The molecular weight excluding hydrogens is 242 g/mol. The molecule has 4 nitrogen and oxygen atoms in total. The fourth-order valence-electron chi connectivity index (χ4n) is 1.44. The van der Waals surface area contributed by atoms with E-state index in [-0.39, 0.29) is 11.9 Å². The summed E-state index contributed by atoms with van der Waals surface area (Å²) in [5, 5.41) is 2.75. The van der Waals surface area contributed by atoms with Gasteiger partial charge in [0.05, 0.1) is 18.6 Å². The van der Waals surface area contributed by atoms with Gasteiger partial charge in [0.1, 0.15) is 0 Å². The van der Waals surface area contributed by atoms with Crippen LogP contribution in [0.1, 0.15) is 37.6 Å². The van der Waals surface area contributed by atoms with Crippen molar-refractivity contribution in [2.45, 2.75) is 27.2 Å². The number of hydrogen-bond donors (Lipinski definition) is 1. The lowest BCUT2D eigenvalue weighted by Crippen LogP contribution is -2.13. The fourth-order valence-corrected chi connectivity index (χ4v) is 1.44. The monoisotopic (exact) mass is 262 g/mol. The third-order valence-corrected chi connectivity index (χ3v) is 2.44. The molecule has 0 aromatic heterocycles. The Morgan fingerprint density at radius 3 is 2.42 bits per heavy atom. The third kappa shape index (κ3) is 5.55. The smallest absolute Gasteiger partial charge is 0.338 e. The standard InChI is InChI=1S/C15H20NO3/c1-4-19-15(18)12-6-8-13(9-7-12)16-14(17)10-5-11(2)3/h6-11H,4-5H2,1-3H3,(H,16,17). The van der Waals surface area contributed by atoms with Crippen LogP contribution in [-0.2, 0) is 9.53 Å². The molecule has 0 heterocycles. The summed E-state index contributed by atoms with van der Waals surface area (Å²) in [6, 6.07) is 6.65. The van der Waals surface area contributed by atoms with Crippen molar-refractivity contribution in [1.29, 1.82) is 0 Å². The topological polar surface area (TPSA) is 55.4 Å². The van der Waals surface area contributed by atoms with Gasteiger partial charge in [-0.3, -0.25) is 4.79 Å². The summed E-state index contributed by atoms with van der Waals surface area (Å²) in [6.07, 6.45) is 2.37. The van der Waals surface area contributed by atoms with Crippen LogP contribution in [-0.4, -0.2) is 18.5 Å². The van der Waals surface area contributed by atoms with Gasteiger partial charge in [-0.15, -0.1) is 0 Å². The second-order valence-corrected chi connectivity index (χ2v) is 4.62. The number of rotatable bonds is 6. The highest BCUT2D eigenvalue weighted by Gasteiger charge is 2.07. The average Bonchev–Trinajstić information content (AvgIpc) is 2.37. The summed E-state index contributed by atoms with van der Waals surface area (Å²) in [6.45, 7) is 6.22. The molecule has 1 aromatic rings. The van der Waals surface area contributed by atoms with Crippen molar-refractivity contribution in [1.82, 2.24) is 0 Å². The zero-order valence-electron chi connectivity index (χ0n) is 11.6. The Bertz CT molecular complexity index is 424. The Labute approximate surface area is 114 Å². The average molecular weight is 262 g/mol. The lowest BCUT2D eigenvalue weighted by Gasteiger charge is -2.07. The molecule has 103 valence electrons. The number of benzene rings is 1. The number of ether oxygens (including phenoxy) is 1. The molecule has 0 fully saturated rings. The van der Waals surface area contributed by atoms with Crippen LogP contribution in [0.2, 0.25) is 0 Å². The Hall–Kier alpha value is -1.84. The van der Waals surface area contributed by atoms with Gasteiger partial charge in [-0.05, 0) is 43.5 Å². The SMILES string of the molecule is CCOC(=O)c1ccc(NC(=O)[CH]CC(C)C)cc1. The number of amides is 1. The third-order valence-electron chi connectivity index (χ3n) is 2.44. The van der Waals surface area contributed by atoms with Gasteiger partial charge in [-0.1, -0.05) is 13.8 Å². The van der Waals surface area contributed by atoms with Gasteiger partial charge in [-0.25, -0.2) is 4.79 Å². The van der Waals surface area contributed by atoms with E-state index in [9.17, 15) is 9.59 Å². The second kappa shape index (κ2) is 7.56. The number of esters is 1. The highest BCUT2D eigenvalue weighted by atomic mass is 16.5. The van der Waals surface area contributed by atoms with Gasteiger partial charge < -0.3 is 10.1 Å². The maximum Gasteiger partial charge on any atom is 0.338 e. The largest absolute Gasteiger partial charge is 0.462 e. The van der Waals surface area contributed by atoms with Crippen LogP contribution in [0.5, 0.6) is 0 Å². The van der Waals surface area contributed by atoms with Gasteiger partial charge >= 0.3 is 5.97 Å². The number of anilines is 1. The van der Waals surface area contributed by atoms with Crippen LogP contribution in [0.25, 0.3) is 0 Å². The van der Waals surface area contributed by atoms with Gasteiger partial charge in [0, 0.05) is 5.69 Å². The first kappa shape index (κ1) is 15.2. The maximum atomic E-state index is 11.6. The van der Waals surface area contributed by atoms with E-state index in [1.54, 1.807) is 37.6 Å². The molecule has 1 aromatic carbocycles. The van der Waals surface area contributed by atoms with Gasteiger partial charge in [0.15, 0.2) is 0 Å². The van der Waals surface area contributed by atoms with E-state index in [1.165, 1.54) is 0 Å². The van der Waals surface area contributed by atoms with Crippen LogP contribution in [0.4, 0.5) is 5.69 Å². The maximum absolute atomic E-state index is 11.6. The van der Waals surface area contributed by atoms with Crippen LogP contribution < -0.4 is 5.32 Å². The Morgan fingerprint density at radius 2 is 1.89 bits per heavy atom. The Balaban J connectivity index is 2.52. The first-order chi connectivity index (χ1) is 9.02. The Morgan fingerprint density at radius 1 is 1.26 bits per heavy atom. The normalized spacial score (nSPS) is 10.3. The summed E-state index contributed by atoms with van der Waals surface area (Å²) in [5.41, 5.74) is 1.14. The van der Waals surface area contributed by atoms with E-state index < -0.39 is 0 Å². The quantitative estimate of drug-likeness (QED) is 0.802. The molecule has 0 aliphatic carbocycles. The minimum atomic E-state index is -0.355. The fraction of sp³-hybridized carbons (Fsp3) is 0.400. The molecule has 1 rings (SSSR count). The molecule has 0 spiro atoms. The molecule has 0 atom stereocenters. The summed E-state index contributed by atoms with van der Waals surface area (Å²) < 4.78 is 4.88. The van der Waals surface area contributed by atoms with Crippen LogP contribution >= 0.6 is 0 Å². The predicted octanol–water partition coefficient (Wildman–Crippen LogP) is 3.05. The van der Waals surface area contributed by atoms with Gasteiger partial charge in [0.2, 0.25) is 5.91 Å². The number of carbonyl (C=O) groups is 2. The van der Waals surface area contributed by atoms with Crippen LogP contribution in [0.3, 0.4) is 0 Å². The molecule has 0 unspecified atom stereocenters. The first-order valence-corrected chi connectivity index (χ1v) is 6.44. The van der Waals surface area contributed by atoms with E-state index in [1.807, 2.05) is 0 Å². The van der Waals surface area contributed by atoms with E-state index in [0.717, 1.165) is 6.42 Å². The van der Waals surface area contributed by atoms with Crippen molar-refractivity contribution in [3.05, 3.63) is 36.2 Å². The van der Waals surface area contributed by atoms with Crippen LogP contribution in [0.15, 0.2) is 24.3 Å². The zero-order valence-corrected chi connectivity index (χ0v) is 11.6. The van der Waals surface area contributed by atoms with E-state index in [0.29, 0.717) is 23.8 Å². The molecule has 0 aliphatic heterocycles. The highest BCUT2D eigenvalue weighted by Crippen LogP contribution is 2.12. The molecule has 1 radical (unpaired) electrons. The second-order valence-electron chi connectivity index (χ2n) is 4.62. The van der Waals surface area contributed by atoms with E-state index in [4.69, 9.17) is 4.74 Å². The minimum Gasteiger partial charge on any atom is -0.462 e. The molecule has 0 saturated heterocycles. The highest BCUT2D eigenvalue weighted by molar-refractivity contribution is 5.97. The van der Waals surface area contributed by atoms with Crippen molar-refractivity contribution in [2.75, 3.05) is 11.9 Å². The number of hydrogen-bond acceptors (Lipinski definition) is 3. The van der Waals surface area contributed by atoms with Crippen molar-refractivity contribution in [3.63, 3.8) is 0 Å². The van der Waals surface area contributed by atoms with Crippen molar-refractivity contribution >= 4 is 17.6 Å². The van der Waals surface area contributed by atoms with E-state index >= 15 is 0 Å². The summed E-state index contributed by atoms with van der Waals surface area (Å²) >= 11 is 0. The van der Waals surface area contributed by atoms with Crippen molar-refractivity contribution < 1.29 is 14.3 Å². The zero-order chi connectivity index (χ0) is 14.3. The summed E-state index contributed by atoms with van der Waals surface area (Å²) in [5.74, 6) is -0.0266. The summed E-state index contributed by atoms with van der Waals surface area (Å²) in [4.78, 5) is 23.0. The molecule has 1 amide bonds. The number of nitrogens with one attached hydrogen (secondary N) is 1. The molecule has 1 N–H and O–H groups in total. The molecule has 19 heavy (non-hydrogen) atoms. The number of carbonyl (C=O) groups excluding carboxylic acids is 2. The van der Waals surface area contributed by atoms with Gasteiger partial charge in [-0.2, -0.15) is 0 Å². The Kier molecular flexibility index (Phi) is 6.06. The lowest BCUT2D eigenvalue weighted by molar-refractivity contribution is -0.113. The van der Waals surface area contributed by atoms with Crippen molar-refractivity contribution in [2.24, 2.45) is 5.92 Å². The predicted molar refractivity (Wildman–Crippen MR) is 74.8 cm³/mol. The van der Waals surface area contributed by atoms with Gasteiger partial charge in [0.25, 0.3) is 0 Å². The summed E-state index contributed by atoms with van der Waals surface area (Å²) in [7, 11) is 0. The molecule has 4 heteroatoms. The molecule has 0 aliphatic rings. The molecular formula is C15H20NO3.